The van der Waals surface area contributed by atoms with E-state index in [0.717, 1.165) is 25.9 Å². The summed E-state index contributed by atoms with van der Waals surface area (Å²) in [5.41, 5.74) is -0.406. The molecule has 0 aromatic heterocycles. The number of carboxylic acid groups (broad SMARTS) is 1. The van der Waals surface area contributed by atoms with Crippen molar-refractivity contribution in [2.45, 2.75) is 32.7 Å². The third-order valence-electron chi connectivity index (χ3n) is 4.35. The Balaban J connectivity index is 1.91. The zero-order chi connectivity index (χ0) is 13.5. The van der Waals surface area contributed by atoms with Crippen molar-refractivity contribution in [2.75, 3.05) is 20.1 Å². The molecule has 3 atom stereocenters. The Morgan fingerprint density at radius 3 is 2.50 bits per heavy atom. The molecule has 2 fully saturated rings. The highest BCUT2D eigenvalue weighted by atomic mass is 16.4. The summed E-state index contributed by atoms with van der Waals surface area (Å²) in [7, 11) is 2.04. The summed E-state index contributed by atoms with van der Waals surface area (Å²) in [6, 6.07) is 0.169. The fourth-order valence-electron chi connectivity index (χ4n) is 3.16. The highest BCUT2D eigenvalue weighted by Crippen LogP contribution is 2.58. The summed E-state index contributed by atoms with van der Waals surface area (Å²) in [5, 5.41) is 12.1. The van der Waals surface area contributed by atoms with Crippen LogP contribution >= 0.6 is 0 Å². The average molecular weight is 254 g/mol. The van der Waals surface area contributed by atoms with E-state index in [1.807, 2.05) is 20.9 Å². The van der Waals surface area contributed by atoms with Gasteiger partial charge in [-0.25, -0.2) is 0 Å². The minimum absolute atomic E-state index is 0.0901. The number of amides is 1. The van der Waals surface area contributed by atoms with E-state index in [1.165, 1.54) is 0 Å². The lowest BCUT2D eigenvalue weighted by molar-refractivity contribution is -0.140. The molecule has 0 aromatic rings. The lowest BCUT2D eigenvalue weighted by Gasteiger charge is -2.30. The van der Waals surface area contributed by atoms with Gasteiger partial charge in [0.15, 0.2) is 0 Å². The number of nitrogens with zero attached hydrogens (tertiary/aromatic N) is 1. The minimum atomic E-state index is -0.860. The Morgan fingerprint density at radius 1 is 1.33 bits per heavy atom. The van der Waals surface area contributed by atoms with E-state index in [4.69, 9.17) is 5.11 Å². The number of hydrogen-bond acceptors (Lipinski definition) is 3. The number of aliphatic carboxylic acids is 1. The minimum Gasteiger partial charge on any atom is -0.481 e. The zero-order valence-electron chi connectivity index (χ0n) is 11.3. The first-order valence-electron chi connectivity index (χ1n) is 6.55. The molecular weight excluding hydrogens is 232 g/mol. The van der Waals surface area contributed by atoms with Crippen molar-refractivity contribution in [1.29, 1.82) is 0 Å². The quantitative estimate of drug-likeness (QED) is 0.772. The van der Waals surface area contributed by atoms with Crippen LogP contribution in [-0.4, -0.2) is 48.1 Å². The molecule has 5 nitrogen and oxygen atoms in total. The Morgan fingerprint density at radius 2 is 2.00 bits per heavy atom. The topological polar surface area (TPSA) is 69.6 Å². The van der Waals surface area contributed by atoms with Crippen LogP contribution in [0, 0.1) is 17.3 Å². The van der Waals surface area contributed by atoms with Crippen LogP contribution in [0.5, 0.6) is 0 Å². The molecule has 1 heterocycles. The normalized spacial score (nSPS) is 34.9. The summed E-state index contributed by atoms with van der Waals surface area (Å²) in [5.74, 6) is -1.85. The molecule has 2 aliphatic rings. The predicted molar refractivity (Wildman–Crippen MR) is 67.1 cm³/mol. The third kappa shape index (κ3) is 2.36. The first kappa shape index (κ1) is 13.3. The molecule has 18 heavy (non-hydrogen) atoms. The van der Waals surface area contributed by atoms with E-state index in [9.17, 15) is 9.59 Å². The lowest BCUT2D eigenvalue weighted by atomic mass is 10.1. The molecule has 5 heteroatoms. The summed E-state index contributed by atoms with van der Waals surface area (Å²) in [6.45, 7) is 5.63. The van der Waals surface area contributed by atoms with Crippen LogP contribution in [0.1, 0.15) is 26.7 Å². The van der Waals surface area contributed by atoms with Gasteiger partial charge >= 0.3 is 5.97 Å². The van der Waals surface area contributed by atoms with Gasteiger partial charge in [0, 0.05) is 12.6 Å². The smallest absolute Gasteiger partial charge is 0.307 e. The molecule has 1 saturated carbocycles. The van der Waals surface area contributed by atoms with Gasteiger partial charge in [0.2, 0.25) is 5.91 Å². The number of hydrogen-bond donors (Lipinski definition) is 2. The Kier molecular flexibility index (Phi) is 3.36. The van der Waals surface area contributed by atoms with E-state index >= 15 is 0 Å². The molecule has 1 saturated heterocycles. The van der Waals surface area contributed by atoms with Crippen molar-refractivity contribution in [3.8, 4) is 0 Å². The molecule has 2 N–H and O–H groups in total. The maximum atomic E-state index is 12.1. The number of rotatable bonds is 3. The maximum absolute atomic E-state index is 12.1. The van der Waals surface area contributed by atoms with Gasteiger partial charge < -0.3 is 15.3 Å². The standard InChI is InChI=1S/C13H22N2O3/c1-13(2)9(10(13)12(17)18)11(16)14-8-5-4-6-15(3)7-8/h8-10H,4-7H2,1-3H3,(H,14,16)(H,17,18). The number of likely N-dealkylation sites (tertiary alicyclic amines) is 1. The van der Waals surface area contributed by atoms with Crippen molar-refractivity contribution in [3.63, 3.8) is 0 Å². The number of likely N-dealkylation sites (N-methyl/N-ethyl adjacent to an activating group) is 1. The van der Waals surface area contributed by atoms with Crippen molar-refractivity contribution in [2.24, 2.45) is 17.3 Å². The van der Waals surface area contributed by atoms with E-state index in [-0.39, 0.29) is 17.9 Å². The first-order chi connectivity index (χ1) is 8.34. The summed E-state index contributed by atoms with van der Waals surface area (Å²) < 4.78 is 0. The van der Waals surface area contributed by atoms with E-state index in [0.29, 0.717) is 0 Å². The fourth-order valence-corrected chi connectivity index (χ4v) is 3.16. The van der Waals surface area contributed by atoms with Crippen LogP contribution in [0.25, 0.3) is 0 Å². The highest BCUT2D eigenvalue weighted by Gasteiger charge is 2.65. The molecule has 0 aromatic carbocycles. The molecule has 0 radical (unpaired) electrons. The molecule has 1 aliphatic heterocycles. The summed E-state index contributed by atoms with van der Waals surface area (Å²) >= 11 is 0. The molecule has 1 aliphatic carbocycles. The van der Waals surface area contributed by atoms with Gasteiger partial charge in [-0.1, -0.05) is 13.8 Å². The van der Waals surface area contributed by atoms with Crippen LogP contribution in [0.3, 0.4) is 0 Å². The predicted octanol–water partition coefficient (Wildman–Crippen LogP) is 0.554. The van der Waals surface area contributed by atoms with Crippen LogP contribution in [0.2, 0.25) is 0 Å². The van der Waals surface area contributed by atoms with E-state index in [2.05, 4.69) is 10.2 Å². The van der Waals surface area contributed by atoms with Crippen molar-refractivity contribution < 1.29 is 14.7 Å². The average Bonchev–Trinajstić information content (AvgIpc) is 2.81. The Bertz CT molecular complexity index is 367. The Labute approximate surface area is 108 Å². The van der Waals surface area contributed by atoms with Crippen LogP contribution < -0.4 is 5.32 Å². The zero-order valence-corrected chi connectivity index (χ0v) is 11.3. The van der Waals surface area contributed by atoms with Gasteiger partial charge in [-0.15, -0.1) is 0 Å². The second-order valence-electron chi connectivity index (χ2n) is 6.22. The van der Waals surface area contributed by atoms with Crippen LogP contribution in [0.15, 0.2) is 0 Å². The summed E-state index contributed by atoms with van der Waals surface area (Å²) in [6.07, 6.45) is 2.07. The van der Waals surface area contributed by atoms with Crippen LogP contribution in [0.4, 0.5) is 0 Å². The van der Waals surface area contributed by atoms with Gasteiger partial charge in [0.1, 0.15) is 0 Å². The fraction of sp³-hybridized carbons (Fsp3) is 0.846. The molecule has 1 amide bonds. The molecule has 0 bridgehead atoms. The second kappa shape index (κ2) is 4.53. The number of nitrogens with one attached hydrogen (secondary N) is 1. The Hall–Kier alpha value is -1.10. The van der Waals surface area contributed by atoms with E-state index < -0.39 is 17.3 Å². The second-order valence-corrected chi connectivity index (χ2v) is 6.22. The van der Waals surface area contributed by atoms with Gasteiger partial charge in [0.25, 0.3) is 0 Å². The molecule has 0 spiro atoms. The number of carbonyl (C=O) groups is 2. The maximum Gasteiger partial charge on any atom is 0.307 e. The number of carboxylic acids is 1. The van der Waals surface area contributed by atoms with Gasteiger partial charge in [-0.2, -0.15) is 0 Å². The first-order valence-corrected chi connectivity index (χ1v) is 6.55. The molecular formula is C13H22N2O3. The van der Waals surface area contributed by atoms with Gasteiger partial charge in [-0.05, 0) is 31.8 Å². The molecule has 102 valence electrons. The molecule has 3 unspecified atom stereocenters. The molecule has 2 rings (SSSR count). The van der Waals surface area contributed by atoms with Crippen molar-refractivity contribution in [3.05, 3.63) is 0 Å². The van der Waals surface area contributed by atoms with Crippen LogP contribution in [-0.2, 0) is 9.59 Å². The SMILES string of the molecule is CN1CCCC(NC(=O)C2C(C(=O)O)C2(C)C)C1. The van der Waals surface area contributed by atoms with Gasteiger partial charge in [-0.3, -0.25) is 9.59 Å². The monoisotopic (exact) mass is 254 g/mol. The largest absolute Gasteiger partial charge is 0.481 e. The van der Waals surface area contributed by atoms with Crippen molar-refractivity contribution in [1.82, 2.24) is 10.2 Å². The lowest BCUT2D eigenvalue weighted by Crippen LogP contribution is -2.47. The van der Waals surface area contributed by atoms with E-state index in [1.54, 1.807) is 0 Å². The highest BCUT2D eigenvalue weighted by molar-refractivity contribution is 5.91. The van der Waals surface area contributed by atoms with Crippen molar-refractivity contribution >= 4 is 11.9 Å². The third-order valence-corrected chi connectivity index (χ3v) is 4.35. The number of piperidine rings is 1. The number of carbonyl (C=O) groups excluding carboxylic acids is 1. The van der Waals surface area contributed by atoms with Gasteiger partial charge in [0.05, 0.1) is 11.8 Å². The summed E-state index contributed by atoms with van der Waals surface area (Å²) in [4.78, 5) is 25.4.